The van der Waals surface area contributed by atoms with Crippen molar-refractivity contribution in [1.29, 1.82) is 0 Å². The largest absolute Gasteiger partial charge is 0.354 e. The second-order valence-corrected chi connectivity index (χ2v) is 4.47. The summed E-state index contributed by atoms with van der Waals surface area (Å²) >= 11 is 0. The van der Waals surface area contributed by atoms with Crippen molar-refractivity contribution < 1.29 is 4.79 Å². The van der Waals surface area contributed by atoms with Gasteiger partial charge in [0.1, 0.15) is 0 Å². The van der Waals surface area contributed by atoms with Crippen LogP contribution in [0.15, 0.2) is 42.6 Å². The molecule has 1 heterocycles. The van der Waals surface area contributed by atoms with Gasteiger partial charge in [-0.1, -0.05) is 18.2 Å². The van der Waals surface area contributed by atoms with Gasteiger partial charge in [-0.2, -0.15) is 0 Å². The highest BCUT2D eigenvalue weighted by Gasteiger charge is 2.05. The molecule has 0 unspecified atom stereocenters. The normalized spacial score (nSPS) is 10.3. The SMILES string of the molecule is Cc1ccccc1NC(=O)CCc1cccn1C. The van der Waals surface area contributed by atoms with E-state index in [1.165, 1.54) is 5.69 Å². The van der Waals surface area contributed by atoms with Gasteiger partial charge in [0.15, 0.2) is 0 Å². The molecule has 0 aliphatic carbocycles. The molecule has 0 fully saturated rings. The van der Waals surface area contributed by atoms with Crippen LogP contribution in [0.5, 0.6) is 0 Å². The molecule has 0 aliphatic heterocycles. The summed E-state index contributed by atoms with van der Waals surface area (Å²) in [5.74, 6) is 0.0606. The van der Waals surface area contributed by atoms with E-state index in [4.69, 9.17) is 0 Å². The fourth-order valence-corrected chi connectivity index (χ4v) is 1.92. The van der Waals surface area contributed by atoms with Crippen LogP contribution in [-0.2, 0) is 18.3 Å². The predicted molar refractivity (Wildman–Crippen MR) is 73.5 cm³/mol. The number of nitrogens with one attached hydrogen (secondary N) is 1. The quantitative estimate of drug-likeness (QED) is 0.878. The number of aromatic nitrogens is 1. The third kappa shape index (κ3) is 3.00. The molecule has 18 heavy (non-hydrogen) atoms. The third-order valence-electron chi connectivity index (χ3n) is 3.08. The van der Waals surface area contributed by atoms with Gasteiger partial charge in [0.25, 0.3) is 0 Å². The van der Waals surface area contributed by atoms with Gasteiger partial charge in [-0.25, -0.2) is 0 Å². The highest BCUT2D eigenvalue weighted by molar-refractivity contribution is 5.91. The standard InChI is InChI=1S/C15H18N2O/c1-12-6-3-4-8-14(12)16-15(18)10-9-13-7-5-11-17(13)2/h3-8,11H,9-10H2,1-2H3,(H,16,18). The number of anilines is 1. The summed E-state index contributed by atoms with van der Waals surface area (Å²) in [4.78, 5) is 11.9. The molecular weight excluding hydrogens is 224 g/mol. The van der Waals surface area contributed by atoms with E-state index in [1.807, 2.05) is 61.1 Å². The second kappa shape index (κ2) is 5.54. The Kier molecular flexibility index (Phi) is 3.82. The molecule has 0 atom stereocenters. The van der Waals surface area contributed by atoms with Crippen molar-refractivity contribution in [1.82, 2.24) is 4.57 Å². The molecule has 2 rings (SSSR count). The molecule has 1 aromatic heterocycles. The maximum Gasteiger partial charge on any atom is 0.224 e. The van der Waals surface area contributed by atoms with E-state index >= 15 is 0 Å². The van der Waals surface area contributed by atoms with Crippen molar-refractivity contribution in [3.63, 3.8) is 0 Å². The van der Waals surface area contributed by atoms with Crippen LogP contribution in [0.25, 0.3) is 0 Å². The number of carbonyl (C=O) groups excluding carboxylic acids is 1. The molecule has 0 spiro atoms. The molecular formula is C15H18N2O. The Morgan fingerprint density at radius 1 is 1.22 bits per heavy atom. The summed E-state index contributed by atoms with van der Waals surface area (Å²) in [7, 11) is 1.99. The summed E-state index contributed by atoms with van der Waals surface area (Å²) in [6.45, 7) is 1.99. The van der Waals surface area contributed by atoms with Crippen LogP contribution in [0.1, 0.15) is 17.7 Å². The lowest BCUT2D eigenvalue weighted by atomic mass is 10.2. The van der Waals surface area contributed by atoms with Gasteiger partial charge in [0.2, 0.25) is 5.91 Å². The summed E-state index contributed by atoms with van der Waals surface area (Å²) in [6, 6.07) is 11.9. The van der Waals surface area contributed by atoms with Gasteiger partial charge in [0, 0.05) is 31.0 Å². The smallest absolute Gasteiger partial charge is 0.224 e. The van der Waals surface area contributed by atoms with Crippen molar-refractivity contribution in [3.05, 3.63) is 53.9 Å². The minimum Gasteiger partial charge on any atom is -0.354 e. The van der Waals surface area contributed by atoms with Crippen LogP contribution in [-0.4, -0.2) is 10.5 Å². The Bertz CT molecular complexity index is 543. The number of para-hydroxylation sites is 1. The van der Waals surface area contributed by atoms with E-state index in [1.54, 1.807) is 0 Å². The fraction of sp³-hybridized carbons (Fsp3) is 0.267. The third-order valence-corrected chi connectivity index (χ3v) is 3.08. The van der Waals surface area contributed by atoms with Gasteiger partial charge < -0.3 is 9.88 Å². The van der Waals surface area contributed by atoms with Crippen LogP contribution in [0.2, 0.25) is 0 Å². The van der Waals surface area contributed by atoms with E-state index in [0.717, 1.165) is 17.7 Å². The number of carbonyl (C=O) groups is 1. The van der Waals surface area contributed by atoms with Gasteiger partial charge >= 0.3 is 0 Å². The minimum atomic E-state index is 0.0606. The number of rotatable bonds is 4. The molecule has 1 N–H and O–H groups in total. The summed E-state index contributed by atoms with van der Waals surface area (Å²) in [5.41, 5.74) is 3.16. The lowest BCUT2D eigenvalue weighted by Crippen LogP contribution is -2.13. The van der Waals surface area contributed by atoms with Crippen LogP contribution < -0.4 is 5.32 Å². The monoisotopic (exact) mass is 242 g/mol. The maximum absolute atomic E-state index is 11.9. The van der Waals surface area contributed by atoms with Crippen LogP contribution >= 0.6 is 0 Å². The Morgan fingerprint density at radius 3 is 2.67 bits per heavy atom. The van der Waals surface area contributed by atoms with Crippen LogP contribution in [0.4, 0.5) is 5.69 Å². The first-order valence-electron chi connectivity index (χ1n) is 6.12. The predicted octanol–water partition coefficient (Wildman–Crippen LogP) is 2.90. The number of hydrogen-bond acceptors (Lipinski definition) is 1. The molecule has 0 radical (unpaired) electrons. The van der Waals surface area contributed by atoms with E-state index in [2.05, 4.69) is 5.32 Å². The molecule has 1 amide bonds. The lowest BCUT2D eigenvalue weighted by molar-refractivity contribution is -0.116. The van der Waals surface area contributed by atoms with Gasteiger partial charge in [-0.3, -0.25) is 4.79 Å². The number of benzene rings is 1. The zero-order valence-corrected chi connectivity index (χ0v) is 10.8. The average Bonchev–Trinajstić information content (AvgIpc) is 2.75. The maximum atomic E-state index is 11.9. The van der Waals surface area contributed by atoms with Gasteiger partial charge in [-0.05, 0) is 37.1 Å². The first kappa shape index (κ1) is 12.4. The number of aryl methyl sites for hydroxylation is 3. The van der Waals surface area contributed by atoms with E-state index in [-0.39, 0.29) is 5.91 Å². The number of amides is 1. The van der Waals surface area contributed by atoms with Crippen LogP contribution in [0.3, 0.4) is 0 Å². The molecule has 94 valence electrons. The molecule has 0 bridgehead atoms. The van der Waals surface area contributed by atoms with Crippen molar-refractivity contribution in [2.75, 3.05) is 5.32 Å². The molecule has 0 saturated heterocycles. The van der Waals surface area contributed by atoms with E-state index < -0.39 is 0 Å². The van der Waals surface area contributed by atoms with Gasteiger partial charge in [0.05, 0.1) is 0 Å². The van der Waals surface area contributed by atoms with Gasteiger partial charge in [-0.15, -0.1) is 0 Å². The lowest BCUT2D eigenvalue weighted by Gasteiger charge is -2.08. The summed E-state index contributed by atoms with van der Waals surface area (Å²) < 4.78 is 2.04. The molecule has 3 heteroatoms. The van der Waals surface area contributed by atoms with Crippen molar-refractivity contribution in [2.45, 2.75) is 19.8 Å². The zero-order chi connectivity index (χ0) is 13.0. The fourth-order valence-electron chi connectivity index (χ4n) is 1.92. The minimum absolute atomic E-state index is 0.0606. The Labute approximate surface area is 107 Å². The van der Waals surface area contributed by atoms with Crippen molar-refractivity contribution in [2.24, 2.45) is 7.05 Å². The second-order valence-electron chi connectivity index (χ2n) is 4.47. The van der Waals surface area contributed by atoms with Crippen molar-refractivity contribution in [3.8, 4) is 0 Å². The topological polar surface area (TPSA) is 34.0 Å². The summed E-state index contributed by atoms with van der Waals surface area (Å²) in [6.07, 6.45) is 3.27. The first-order chi connectivity index (χ1) is 8.66. The van der Waals surface area contributed by atoms with Crippen LogP contribution in [0, 0.1) is 6.92 Å². The Balaban J connectivity index is 1.90. The highest BCUT2D eigenvalue weighted by atomic mass is 16.1. The number of nitrogens with zero attached hydrogens (tertiary/aromatic N) is 1. The first-order valence-corrected chi connectivity index (χ1v) is 6.12. The molecule has 0 saturated carbocycles. The number of hydrogen-bond donors (Lipinski definition) is 1. The molecule has 3 nitrogen and oxygen atoms in total. The summed E-state index contributed by atoms with van der Waals surface area (Å²) in [5, 5.41) is 2.94. The molecule has 2 aromatic rings. The van der Waals surface area contributed by atoms with E-state index in [9.17, 15) is 4.79 Å². The van der Waals surface area contributed by atoms with Crippen molar-refractivity contribution >= 4 is 11.6 Å². The van der Waals surface area contributed by atoms with E-state index in [0.29, 0.717) is 6.42 Å². The molecule has 1 aromatic carbocycles. The highest BCUT2D eigenvalue weighted by Crippen LogP contribution is 2.13. The Hall–Kier alpha value is -2.03. The average molecular weight is 242 g/mol. The molecule has 0 aliphatic rings. The zero-order valence-electron chi connectivity index (χ0n) is 10.8. The Morgan fingerprint density at radius 2 is 2.00 bits per heavy atom.